The zero-order valence-corrected chi connectivity index (χ0v) is 10.8. The maximum absolute atomic E-state index is 12.5. The van der Waals surface area contributed by atoms with Crippen LogP contribution in [0.2, 0.25) is 0 Å². The van der Waals surface area contributed by atoms with Crippen molar-refractivity contribution in [2.24, 2.45) is 11.8 Å². The fourth-order valence-electron chi connectivity index (χ4n) is 3.14. The number of amides is 1. The van der Waals surface area contributed by atoms with Gasteiger partial charge in [-0.3, -0.25) is 4.79 Å². The van der Waals surface area contributed by atoms with Crippen molar-refractivity contribution in [3.63, 3.8) is 0 Å². The number of fused-ring (bicyclic) bond motifs is 2. The predicted octanol–water partition coefficient (Wildman–Crippen LogP) is 1.24. The van der Waals surface area contributed by atoms with Crippen molar-refractivity contribution in [3.05, 3.63) is 35.4 Å². The van der Waals surface area contributed by atoms with E-state index in [4.69, 9.17) is 5.26 Å². The molecule has 2 heterocycles. The van der Waals surface area contributed by atoms with E-state index < -0.39 is 0 Å². The van der Waals surface area contributed by atoms with Crippen molar-refractivity contribution >= 4 is 5.91 Å². The van der Waals surface area contributed by atoms with Crippen LogP contribution >= 0.6 is 0 Å². The highest BCUT2D eigenvalue weighted by Crippen LogP contribution is 2.25. The summed E-state index contributed by atoms with van der Waals surface area (Å²) in [7, 11) is 0. The number of rotatable bonds is 1. The summed E-state index contributed by atoms with van der Waals surface area (Å²) in [6, 6.07) is 8.99. The topological polar surface area (TPSA) is 56.1 Å². The molecule has 0 aromatic heterocycles. The van der Waals surface area contributed by atoms with Crippen LogP contribution in [0.15, 0.2) is 24.3 Å². The normalized spacial score (nSPS) is 25.7. The van der Waals surface area contributed by atoms with Gasteiger partial charge in [0, 0.05) is 18.7 Å². The molecule has 2 fully saturated rings. The van der Waals surface area contributed by atoms with Crippen molar-refractivity contribution < 1.29 is 4.79 Å². The summed E-state index contributed by atoms with van der Waals surface area (Å²) in [4.78, 5) is 14.4. The van der Waals surface area contributed by atoms with E-state index in [1.165, 1.54) is 6.42 Å². The van der Waals surface area contributed by atoms with E-state index in [-0.39, 0.29) is 5.91 Å². The molecule has 1 amide bonds. The molecule has 0 saturated carbocycles. The third kappa shape index (κ3) is 2.47. The molecule has 0 spiro atoms. The Morgan fingerprint density at radius 1 is 1.21 bits per heavy atom. The molecule has 0 radical (unpaired) electrons. The average molecular weight is 255 g/mol. The number of nitriles is 1. The molecule has 98 valence electrons. The van der Waals surface area contributed by atoms with Crippen LogP contribution in [-0.2, 0) is 0 Å². The van der Waals surface area contributed by atoms with Crippen LogP contribution in [0.3, 0.4) is 0 Å². The zero-order valence-electron chi connectivity index (χ0n) is 10.8. The second-order valence-corrected chi connectivity index (χ2v) is 5.53. The molecule has 1 N–H and O–H groups in total. The van der Waals surface area contributed by atoms with Crippen molar-refractivity contribution in [1.29, 1.82) is 5.26 Å². The largest absolute Gasteiger partial charge is 0.338 e. The molecule has 1 aromatic rings. The quantitative estimate of drug-likeness (QED) is 0.821. The molecule has 1 aromatic carbocycles. The van der Waals surface area contributed by atoms with Gasteiger partial charge in [-0.15, -0.1) is 0 Å². The first-order valence-electron chi connectivity index (χ1n) is 6.76. The van der Waals surface area contributed by atoms with Gasteiger partial charge in [0.05, 0.1) is 11.6 Å². The molecular formula is C15H17N3O. The number of piperidine rings is 2. The van der Waals surface area contributed by atoms with Crippen molar-refractivity contribution in [2.75, 3.05) is 26.2 Å². The first-order chi connectivity index (χ1) is 9.26. The smallest absolute Gasteiger partial charge is 0.253 e. The Hall–Kier alpha value is -1.86. The molecule has 4 nitrogen and oxygen atoms in total. The van der Waals surface area contributed by atoms with E-state index in [0.29, 0.717) is 23.0 Å². The lowest BCUT2D eigenvalue weighted by Gasteiger charge is -2.41. The second kappa shape index (κ2) is 5.02. The lowest BCUT2D eigenvalue weighted by Crippen LogP contribution is -2.52. The number of nitrogens with zero attached hydrogens (tertiary/aromatic N) is 2. The van der Waals surface area contributed by atoms with Gasteiger partial charge in [0.1, 0.15) is 0 Å². The van der Waals surface area contributed by atoms with Gasteiger partial charge in [-0.25, -0.2) is 0 Å². The van der Waals surface area contributed by atoms with Gasteiger partial charge in [0.15, 0.2) is 0 Å². The van der Waals surface area contributed by atoms with Crippen LogP contribution in [0.1, 0.15) is 22.3 Å². The minimum absolute atomic E-state index is 0.0982. The Labute approximate surface area is 113 Å². The summed E-state index contributed by atoms with van der Waals surface area (Å²) in [6.07, 6.45) is 1.24. The van der Waals surface area contributed by atoms with E-state index in [2.05, 4.69) is 11.4 Å². The maximum Gasteiger partial charge on any atom is 0.253 e. The molecule has 2 atom stereocenters. The van der Waals surface area contributed by atoms with Gasteiger partial charge in [-0.2, -0.15) is 5.26 Å². The lowest BCUT2D eigenvalue weighted by molar-refractivity contribution is 0.0538. The van der Waals surface area contributed by atoms with E-state index in [0.717, 1.165) is 26.2 Å². The van der Waals surface area contributed by atoms with Crippen LogP contribution < -0.4 is 5.32 Å². The molecule has 2 bridgehead atoms. The number of carbonyl (C=O) groups is 1. The Bertz CT molecular complexity index is 505. The summed E-state index contributed by atoms with van der Waals surface area (Å²) < 4.78 is 0. The van der Waals surface area contributed by atoms with E-state index >= 15 is 0 Å². The number of hydrogen-bond acceptors (Lipinski definition) is 3. The fraction of sp³-hybridized carbons (Fsp3) is 0.467. The molecule has 2 aliphatic heterocycles. The van der Waals surface area contributed by atoms with Gasteiger partial charge < -0.3 is 10.2 Å². The molecule has 4 heteroatoms. The van der Waals surface area contributed by atoms with Crippen LogP contribution in [0, 0.1) is 23.2 Å². The summed E-state index contributed by atoms with van der Waals surface area (Å²) in [5, 5.41) is 12.2. The van der Waals surface area contributed by atoms with Gasteiger partial charge in [-0.05, 0) is 55.6 Å². The van der Waals surface area contributed by atoms with Gasteiger partial charge in [-0.1, -0.05) is 0 Å². The second-order valence-electron chi connectivity index (χ2n) is 5.53. The van der Waals surface area contributed by atoms with Gasteiger partial charge in [0.2, 0.25) is 0 Å². The van der Waals surface area contributed by atoms with Crippen molar-refractivity contribution in [3.8, 4) is 6.07 Å². The van der Waals surface area contributed by atoms with E-state index in [1.807, 2.05) is 4.90 Å². The highest BCUT2D eigenvalue weighted by molar-refractivity contribution is 5.94. The van der Waals surface area contributed by atoms with E-state index in [1.54, 1.807) is 24.3 Å². The summed E-state index contributed by atoms with van der Waals surface area (Å²) in [6.45, 7) is 3.74. The van der Waals surface area contributed by atoms with Gasteiger partial charge >= 0.3 is 0 Å². The Balaban J connectivity index is 1.74. The van der Waals surface area contributed by atoms with Crippen LogP contribution in [0.25, 0.3) is 0 Å². The monoisotopic (exact) mass is 255 g/mol. The highest BCUT2D eigenvalue weighted by atomic mass is 16.2. The number of likely N-dealkylation sites (tertiary alicyclic amines) is 1. The Morgan fingerprint density at radius 3 is 2.42 bits per heavy atom. The molecule has 19 heavy (non-hydrogen) atoms. The minimum atomic E-state index is 0.0982. The van der Waals surface area contributed by atoms with Crippen LogP contribution in [-0.4, -0.2) is 37.0 Å². The summed E-state index contributed by atoms with van der Waals surface area (Å²) in [5.74, 6) is 1.28. The van der Waals surface area contributed by atoms with E-state index in [9.17, 15) is 4.79 Å². The number of benzene rings is 1. The van der Waals surface area contributed by atoms with Crippen LogP contribution in [0.5, 0.6) is 0 Å². The minimum Gasteiger partial charge on any atom is -0.338 e. The standard InChI is InChI=1S/C15H17N3O/c16-6-11-1-3-14(4-2-11)15(19)18-9-12-5-13(10-18)8-17-7-12/h1-4,12-13,17H,5,7-10H2/t12-,13+. The summed E-state index contributed by atoms with van der Waals surface area (Å²) in [5.41, 5.74) is 1.28. The van der Waals surface area contributed by atoms with Crippen LogP contribution in [0.4, 0.5) is 0 Å². The molecular weight excluding hydrogens is 238 g/mol. The number of carbonyl (C=O) groups excluding carboxylic acids is 1. The van der Waals surface area contributed by atoms with Crippen molar-refractivity contribution in [2.45, 2.75) is 6.42 Å². The Kier molecular flexibility index (Phi) is 3.22. The molecule has 0 aliphatic carbocycles. The lowest BCUT2D eigenvalue weighted by atomic mass is 9.85. The number of hydrogen-bond donors (Lipinski definition) is 1. The molecule has 0 unspecified atom stereocenters. The first-order valence-corrected chi connectivity index (χ1v) is 6.76. The average Bonchev–Trinajstić information content (AvgIpc) is 2.46. The molecule has 2 aliphatic rings. The van der Waals surface area contributed by atoms with Crippen molar-refractivity contribution in [1.82, 2.24) is 10.2 Å². The SMILES string of the molecule is N#Cc1ccc(C(=O)N2C[C@@H]3CNC[C@@H](C3)C2)cc1. The molecule has 2 saturated heterocycles. The zero-order chi connectivity index (χ0) is 13.2. The highest BCUT2D eigenvalue weighted by Gasteiger charge is 2.32. The number of nitrogens with one attached hydrogen (secondary N) is 1. The predicted molar refractivity (Wildman–Crippen MR) is 71.5 cm³/mol. The molecule has 3 rings (SSSR count). The van der Waals surface area contributed by atoms with Gasteiger partial charge in [0.25, 0.3) is 5.91 Å². The first kappa shape index (κ1) is 12.2. The fourth-order valence-corrected chi connectivity index (χ4v) is 3.14. The Morgan fingerprint density at radius 2 is 1.84 bits per heavy atom. The maximum atomic E-state index is 12.5. The third-order valence-corrected chi connectivity index (χ3v) is 4.04. The summed E-state index contributed by atoms with van der Waals surface area (Å²) >= 11 is 0. The third-order valence-electron chi connectivity index (χ3n) is 4.04.